The van der Waals surface area contributed by atoms with E-state index < -0.39 is 0 Å². The highest BCUT2D eigenvalue weighted by atomic mass is 32.2. The minimum Gasteiger partial charge on any atom is -0.469 e. The first-order valence-corrected chi connectivity index (χ1v) is 7.20. The van der Waals surface area contributed by atoms with Crippen LogP contribution in [-0.4, -0.2) is 34.8 Å². The number of methoxy groups -OCH3 is 1. The number of amides is 1. The quantitative estimate of drug-likeness (QED) is 0.473. The molecule has 1 aliphatic heterocycles. The van der Waals surface area contributed by atoms with Gasteiger partial charge in [-0.2, -0.15) is 0 Å². The molecule has 0 aromatic carbocycles. The van der Waals surface area contributed by atoms with E-state index in [1.807, 2.05) is 0 Å². The first-order valence-electron chi connectivity index (χ1n) is 5.97. The predicted octanol–water partition coefficient (Wildman–Crippen LogP) is 2.43. The third-order valence-electron chi connectivity index (χ3n) is 2.68. The van der Waals surface area contributed by atoms with Gasteiger partial charge in [0.1, 0.15) is 10.1 Å². The summed E-state index contributed by atoms with van der Waals surface area (Å²) in [4.78, 5) is 25.2. The highest BCUT2D eigenvalue weighted by Crippen LogP contribution is 2.32. The number of ether oxygens (including phenoxy) is 1. The highest BCUT2D eigenvalue weighted by molar-refractivity contribution is 8.26. The molecule has 1 aromatic rings. The molecule has 1 fully saturated rings. The van der Waals surface area contributed by atoms with Crippen LogP contribution in [0, 0.1) is 0 Å². The van der Waals surface area contributed by atoms with Crippen LogP contribution in [0.3, 0.4) is 0 Å². The fourth-order valence-corrected chi connectivity index (χ4v) is 2.97. The molecule has 2 rings (SSSR count). The lowest BCUT2D eigenvalue weighted by Crippen LogP contribution is -2.29. The van der Waals surface area contributed by atoms with Crippen molar-refractivity contribution in [3.63, 3.8) is 0 Å². The third-order valence-corrected chi connectivity index (χ3v) is 4.06. The molecule has 0 saturated carbocycles. The maximum absolute atomic E-state index is 12.2. The van der Waals surface area contributed by atoms with Crippen LogP contribution in [0.1, 0.15) is 18.6 Å². The van der Waals surface area contributed by atoms with Crippen LogP contribution in [0.5, 0.6) is 0 Å². The van der Waals surface area contributed by atoms with Gasteiger partial charge in [-0.15, -0.1) is 0 Å². The third kappa shape index (κ3) is 3.49. The van der Waals surface area contributed by atoms with Crippen molar-refractivity contribution in [2.75, 3.05) is 13.7 Å². The van der Waals surface area contributed by atoms with E-state index in [4.69, 9.17) is 16.6 Å². The molecule has 2 heterocycles. The summed E-state index contributed by atoms with van der Waals surface area (Å²) in [6.07, 6.45) is 4.00. The molecule has 1 aliphatic rings. The zero-order valence-corrected chi connectivity index (χ0v) is 12.5. The maximum Gasteiger partial charge on any atom is 0.305 e. The molecule has 1 aromatic heterocycles. The van der Waals surface area contributed by atoms with Gasteiger partial charge in [0.05, 0.1) is 18.3 Å². The van der Waals surface area contributed by atoms with Crippen LogP contribution < -0.4 is 0 Å². The normalized spacial score (nSPS) is 17.1. The molecule has 7 heteroatoms. The summed E-state index contributed by atoms with van der Waals surface area (Å²) < 4.78 is 10.2. The number of furan rings is 1. The number of carbonyl (C=O) groups is 2. The van der Waals surface area contributed by atoms with E-state index in [0.29, 0.717) is 28.0 Å². The van der Waals surface area contributed by atoms with Crippen molar-refractivity contribution in [3.05, 3.63) is 29.1 Å². The molecule has 0 spiro atoms. The SMILES string of the molecule is COC(=O)CCCN1C(=O)/C(=C\c2ccco2)SC1=S. The Hall–Kier alpha value is -1.60. The van der Waals surface area contributed by atoms with Crippen molar-refractivity contribution >= 4 is 46.3 Å². The number of nitrogens with zero attached hydrogens (tertiary/aromatic N) is 1. The second kappa shape index (κ2) is 6.71. The monoisotopic (exact) mass is 311 g/mol. The number of thiocarbonyl (C=S) groups is 1. The smallest absolute Gasteiger partial charge is 0.305 e. The Balaban J connectivity index is 1.97. The molecule has 0 N–H and O–H groups in total. The molecule has 0 aliphatic carbocycles. The van der Waals surface area contributed by atoms with E-state index in [2.05, 4.69) is 4.74 Å². The van der Waals surface area contributed by atoms with E-state index in [0.717, 1.165) is 0 Å². The van der Waals surface area contributed by atoms with Gasteiger partial charge in [0, 0.05) is 19.0 Å². The Bertz CT molecular complexity index is 551. The van der Waals surface area contributed by atoms with Gasteiger partial charge >= 0.3 is 5.97 Å². The zero-order chi connectivity index (χ0) is 14.5. The molecule has 5 nitrogen and oxygen atoms in total. The average Bonchev–Trinajstić information content (AvgIpc) is 3.02. The Morgan fingerprint density at radius 1 is 1.60 bits per heavy atom. The van der Waals surface area contributed by atoms with Gasteiger partial charge in [-0.3, -0.25) is 14.5 Å². The molecule has 1 saturated heterocycles. The topological polar surface area (TPSA) is 59.8 Å². The van der Waals surface area contributed by atoms with Crippen LogP contribution >= 0.6 is 24.0 Å². The molecule has 0 radical (unpaired) electrons. The Kier molecular flexibility index (Phi) is 4.97. The second-order valence-electron chi connectivity index (χ2n) is 4.03. The van der Waals surface area contributed by atoms with Gasteiger partial charge in [0.25, 0.3) is 5.91 Å². The second-order valence-corrected chi connectivity index (χ2v) is 5.70. The predicted molar refractivity (Wildman–Crippen MR) is 79.8 cm³/mol. The van der Waals surface area contributed by atoms with Crippen molar-refractivity contribution < 1.29 is 18.7 Å². The number of hydrogen-bond donors (Lipinski definition) is 0. The fraction of sp³-hybridized carbons (Fsp3) is 0.308. The molecule has 0 atom stereocenters. The van der Waals surface area contributed by atoms with Gasteiger partial charge in [-0.25, -0.2) is 0 Å². The van der Waals surface area contributed by atoms with E-state index in [9.17, 15) is 9.59 Å². The van der Waals surface area contributed by atoms with Crippen LogP contribution in [0.25, 0.3) is 6.08 Å². The Labute approximate surface area is 125 Å². The maximum atomic E-state index is 12.2. The lowest BCUT2D eigenvalue weighted by Gasteiger charge is -2.13. The number of rotatable bonds is 5. The Morgan fingerprint density at radius 3 is 3.05 bits per heavy atom. The molecule has 20 heavy (non-hydrogen) atoms. The fourth-order valence-electron chi connectivity index (χ4n) is 1.68. The van der Waals surface area contributed by atoms with E-state index >= 15 is 0 Å². The summed E-state index contributed by atoms with van der Waals surface area (Å²) in [6.45, 7) is 0.412. The molecule has 1 amide bonds. The standard InChI is InChI=1S/C13H13NO4S2/c1-17-11(15)5-2-6-14-12(16)10(20-13(14)19)8-9-4-3-7-18-9/h3-4,7-8H,2,5-6H2,1H3/b10-8+. The summed E-state index contributed by atoms with van der Waals surface area (Å²) in [5, 5.41) is 0. The van der Waals surface area contributed by atoms with Crippen LogP contribution in [-0.2, 0) is 14.3 Å². The van der Waals surface area contributed by atoms with E-state index in [-0.39, 0.29) is 18.3 Å². The molecular formula is C13H13NO4S2. The van der Waals surface area contributed by atoms with Crippen LogP contribution in [0.2, 0.25) is 0 Å². The van der Waals surface area contributed by atoms with E-state index in [1.54, 1.807) is 24.5 Å². The number of hydrogen-bond acceptors (Lipinski definition) is 6. The first kappa shape index (κ1) is 14.8. The van der Waals surface area contributed by atoms with Crippen molar-refractivity contribution in [1.29, 1.82) is 0 Å². The lowest BCUT2D eigenvalue weighted by molar-refractivity contribution is -0.141. The van der Waals surface area contributed by atoms with Gasteiger partial charge in [0.15, 0.2) is 0 Å². The molecule has 0 unspecified atom stereocenters. The molecular weight excluding hydrogens is 298 g/mol. The van der Waals surface area contributed by atoms with Crippen LogP contribution in [0.4, 0.5) is 0 Å². The van der Waals surface area contributed by atoms with Crippen molar-refractivity contribution in [1.82, 2.24) is 4.90 Å². The van der Waals surface area contributed by atoms with Crippen molar-refractivity contribution in [2.24, 2.45) is 0 Å². The van der Waals surface area contributed by atoms with Crippen molar-refractivity contribution in [3.8, 4) is 0 Å². The average molecular weight is 311 g/mol. The Morgan fingerprint density at radius 2 is 2.40 bits per heavy atom. The summed E-state index contributed by atoms with van der Waals surface area (Å²) in [6, 6.07) is 3.52. The zero-order valence-electron chi connectivity index (χ0n) is 10.8. The number of esters is 1. The van der Waals surface area contributed by atoms with Gasteiger partial charge in [0.2, 0.25) is 0 Å². The summed E-state index contributed by atoms with van der Waals surface area (Å²) >= 11 is 6.42. The first-order chi connectivity index (χ1) is 9.61. The highest BCUT2D eigenvalue weighted by Gasteiger charge is 2.31. The summed E-state index contributed by atoms with van der Waals surface area (Å²) in [5.41, 5.74) is 0. The van der Waals surface area contributed by atoms with Gasteiger partial charge in [-0.1, -0.05) is 24.0 Å². The number of carbonyl (C=O) groups excluding carboxylic acids is 2. The largest absolute Gasteiger partial charge is 0.469 e. The minimum atomic E-state index is -0.290. The van der Waals surface area contributed by atoms with Gasteiger partial charge in [-0.05, 0) is 18.6 Å². The number of thioether (sulfide) groups is 1. The minimum absolute atomic E-state index is 0.152. The van der Waals surface area contributed by atoms with Crippen LogP contribution in [0.15, 0.2) is 27.7 Å². The molecule has 0 bridgehead atoms. The van der Waals surface area contributed by atoms with Gasteiger partial charge < -0.3 is 9.15 Å². The summed E-state index contributed by atoms with van der Waals surface area (Å²) in [7, 11) is 1.34. The summed E-state index contributed by atoms with van der Waals surface area (Å²) in [5.74, 6) is 0.169. The lowest BCUT2D eigenvalue weighted by atomic mass is 10.3. The van der Waals surface area contributed by atoms with Crippen molar-refractivity contribution in [2.45, 2.75) is 12.8 Å². The molecule has 106 valence electrons. The van der Waals surface area contributed by atoms with E-state index in [1.165, 1.54) is 23.8 Å².